The molecule has 1 aliphatic carbocycles. The number of carbonyl (C=O) groups excluding carboxylic acids is 2. The van der Waals surface area contributed by atoms with Crippen molar-refractivity contribution in [3.63, 3.8) is 0 Å². The zero-order valence-corrected chi connectivity index (χ0v) is 15.0. The van der Waals surface area contributed by atoms with Gasteiger partial charge in [-0.25, -0.2) is 0 Å². The molecule has 1 aromatic carbocycles. The van der Waals surface area contributed by atoms with Gasteiger partial charge in [0.05, 0.1) is 18.2 Å². The van der Waals surface area contributed by atoms with Gasteiger partial charge in [0.25, 0.3) is 5.91 Å². The van der Waals surface area contributed by atoms with Gasteiger partial charge in [-0.15, -0.1) is 0 Å². The van der Waals surface area contributed by atoms with E-state index in [9.17, 15) is 9.59 Å². The first-order chi connectivity index (χ1) is 12.7. The molecule has 4 rings (SSSR count). The Hall–Kier alpha value is -2.08. The fraction of sp³-hybridized carbons (Fsp3) is 0.600. The Morgan fingerprint density at radius 1 is 1.23 bits per heavy atom. The van der Waals surface area contributed by atoms with Crippen LogP contribution in [0.1, 0.15) is 48.9 Å². The van der Waals surface area contributed by atoms with Crippen LogP contribution in [0.15, 0.2) is 24.3 Å². The van der Waals surface area contributed by atoms with Gasteiger partial charge in [-0.05, 0) is 50.7 Å². The van der Waals surface area contributed by atoms with Gasteiger partial charge >= 0.3 is 0 Å². The molecule has 26 heavy (non-hydrogen) atoms. The smallest absolute Gasteiger partial charge is 0.255 e. The standard InChI is InChI=1S/C20H26N2O4/c23-18(21-12-15-4-3-11-25-15)14-7-9-20(10-8-14)13-22-19(24)16-5-1-2-6-17(16)26-20/h1-2,5-6,14-15H,3-4,7-13H2,(H,21,23)(H,22,24)/t14?,15-,20?/m0/s1. The van der Waals surface area contributed by atoms with E-state index in [0.29, 0.717) is 24.4 Å². The molecule has 1 spiro atoms. The van der Waals surface area contributed by atoms with Gasteiger partial charge in [0.2, 0.25) is 5.91 Å². The summed E-state index contributed by atoms with van der Waals surface area (Å²) < 4.78 is 11.9. The largest absolute Gasteiger partial charge is 0.485 e. The molecule has 2 amide bonds. The van der Waals surface area contributed by atoms with Gasteiger partial charge in [0.1, 0.15) is 11.4 Å². The number of nitrogens with one attached hydrogen (secondary N) is 2. The predicted molar refractivity (Wildman–Crippen MR) is 96.1 cm³/mol. The van der Waals surface area contributed by atoms with Crippen LogP contribution >= 0.6 is 0 Å². The fourth-order valence-electron chi connectivity index (χ4n) is 4.20. The Bertz CT molecular complexity index is 676. The molecule has 2 aliphatic heterocycles. The van der Waals surface area contributed by atoms with Crippen molar-refractivity contribution in [2.24, 2.45) is 5.92 Å². The maximum Gasteiger partial charge on any atom is 0.255 e. The second-order valence-corrected chi connectivity index (χ2v) is 7.62. The Morgan fingerprint density at radius 3 is 2.81 bits per heavy atom. The quantitative estimate of drug-likeness (QED) is 0.867. The highest BCUT2D eigenvalue weighted by Gasteiger charge is 2.41. The van der Waals surface area contributed by atoms with Crippen LogP contribution in [0, 0.1) is 5.92 Å². The highest BCUT2D eigenvalue weighted by Crippen LogP contribution is 2.38. The van der Waals surface area contributed by atoms with Crippen LogP contribution < -0.4 is 15.4 Å². The Morgan fingerprint density at radius 2 is 2.04 bits per heavy atom. The molecule has 140 valence electrons. The number of amides is 2. The first kappa shape index (κ1) is 17.3. The number of carbonyl (C=O) groups is 2. The van der Waals surface area contributed by atoms with Crippen molar-refractivity contribution in [1.29, 1.82) is 0 Å². The van der Waals surface area contributed by atoms with E-state index in [2.05, 4.69) is 10.6 Å². The van der Waals surface area contributed by atoms with Crippen molar-refractivity contribution in [2.75, 3.05) is 19.7 Å². The number of hydrogen-bond acceptors (Lipinski definition) is 4. The van der Waals surface area contributed by atoms with E-state index >= 15 is 0 Å². The normalized spacial score (nSPS) is 30.8. The van der Waals surface area contributed by atoms with Crippen molar-refractivity contribution in [1.82, 2.24) is 10.6 Å². The Kier molecular flexibility index (Phi) is 4.85. The van der Waals surface area contributed by atoms with E-state index in [-0.39, 0.29) is 23.8 Å². The summed E-state index contributed by atoms with van der Waals surface area (Å²) in [5, 5.41) is 6.03. The lowest BCUT2D eigenvalue weighted by molar-refractivity contribution is -0.127. The number of para-hydroxylation sites is 1. The summed E-state index contributed by atoms with van der Waals surface area (Å²) in [7, 11) is 0. The summed E-state index contributed by atoms with van der Waals surface area (Å²) in [5.74, 6) is 0.686. The molecule has 6 nitrogen and oxygen atoms in total. The third kappa shape index (κ3) is 3.56. The van der Waals surface area contributed by atoms with Crippen molar-refractivity contribution in [2.45, 2.75) is 50.2 Å². The van der Waals surface area contributed by atoms with Crippen LogP contribution in [0.4, 0.5) is 0 Å². The van der Waals surface area contributed by atoms with E-state index in [1.54, 1.807) is 6.07 Å². The lowest BCUT2D eigenvalue weighted by Crippen LogP contribution is -2.49. The SMILES string of the molecule is O=C1NCC2(CCC(C(=O)NC[C@@H]3CCCO3)CC2)Oc2ccccc21. The molecule has 0 bridgehead atoms. The van der Waals surface area contributed by atoms with Crippen molar-refractivity contribution in [3.05, 3.63) is 29.8 Å². The zero-order chi connectivity index (χ0) is 18.0. The van der Waals surface area contributed by atoms with Gasteiger partial charge in [-0.2, -0.15) is 0 Å². The van der Waals surface area contributed by atoms with Gasteiger partial charge in [0.15, 0.2) is 0 Å². The Labute approximate surface area is 153 Å². The van der Waals surface area contributed by atoms with Crippen LogP contribution in [0.3, 0.4) is 0 Å². The van der Waals surface area contributed by atoms with Gasteiger partial charge in [0, 0.05) is 19.1 Å². The highest BCUT2D eigenvalue weighted by atomic mass is 16.5. The van der Waals surface area contributed by atoms with Crippen LogP contribution in [-0.2, 0) is 9.53 Å². The van der Waals surface area contributed by atoms with E-state index in [4.69, 9.17) is 9.47 Å². The fourth-order valence-corrected chi connectivity index (χ4v) is 4.20. The predicted octanol–water partition coefficient (Wildman–Crippen LogP) is 2.03. The molecule has 0 aromatic heterocycles. The monoisotopic (exact) mass is 358 g/mol. The van der Waals surface area contributed by atoms with Gasteiger partial charge in [-0.1, -0.05) is 12.1 Å². The van der Waals surface area contributed by atoms with Crippen LogP contribution in [0.25, 0.3) is 0 Å². The molecule has 1 atom stereocenters. The van der Waals surface area contributed by atoms with Gasteiger partial charge in [-0.3, -0.25) is 9.59 Å². The first-order valence-corrected chi connectivity index (χ1v) is 9.61. The molecule has 0 unspecified atom stereocenters. The lowest BCUT2D eigenvalue weighted by Gasteiger charge is -2.39. The minimum atomic E-state index is -0.409. The van der Waals surface area contributed by atoms with E-state index in [0.717, 1.165) is 45.1 Å². The number of hydrogen-bond donors (Lipinski definition) is 2. The molecule has 2 fully saturated rings. The minimum absolute atomic E-state index is 0.0137. The van der Waals surface area contributed by atoms with Crippen LogP contribution in [0.5, 0.6) is 5.75 Å². The van der Waals surface area contributed by atoms with E-state index in [1.165, 1.54) is 0 Å². The third-order valence-corrected chi connectivity index (χ3v) is 5.82. The molecule has 0 radical (unpaired) electrons. The number of rotatable bonds is 3. The Balaban J connectivity index is 1.35. The molecule has 6 heteroatoms. The molecule has 1 saturated carbocycles. The minimum Gasteiger partial charge on any atom is -0.485 e. The second kappa shape index (κ2) is 7.27. The van der Waals surface area contributed by atoms with E-state index < -0.39 is 5.60 Å². The average Bonchev–Trinajstić information content (AvgIpc) is 3.14. The summed E-state index contributed by atoms with van der Waals surface area (Å²) in [4.78, 5) is 24.7. The van der Waals surface area contributed by atoms with Crippen molar-refractivity contribution < 1.29 is 19.1 Å². The molecule has 2 N–H and O–H groups in total. The second-order valence-electron chi connectivity index (χ2n) is 7.62. The van der Waals surface area contributed by atoms with Crippen molar-refractivity contribution >= 4 is 11.8 Å². The molecule has 3 aliphatic rings. The maximum absolute atomic E-state index is 12.5. The molecular weight excluding hydrogens is 332 g/mol. The lowest BCUT2D eigenvalue weighted by atomic mass is 9.78. The van der Waals surface area contributed by atoms with Crippen LogP contribution in [0.2, 0.25) is 0 Å². The molecule has 2 heterocycles. The summed E-state index contributed by atoms with van der Waals surface area (Å²) in [6.07, 6.45) is 5.35. The summed E-state index contributed by atoms with van der Waals surface area (Å²) in [6.45, 7) is 1.90. The summed E-state index contributed by atoms with van der Waals surface area (Å²) in [5.41, 5.74) is 0.175. The topological polar surface area (TPSA) is 76.7 Å². The van der Waals surface area contributed by atoms with E-state index in [1.807, 2.05) is 18.2 Å². The number of benzene rings is 1. The number of ether oxygens (including phenoxy) is 2. The summed E-state index contributed by atoms with van der Waals surface area (Å²) >= 11 is 0. The summed E-state index contributed by atoms with van der Waals surface area (Å²) in [6, 6.07) is 7.36. The molecular formula is C20H26N2O4. The van der Waals surface area contributed by atoms with Crippen molar-refractivity contribution in [3.8, 4) is 5.75 Å². The maximum atomic E-state index is 12.5. The highest BCUT2D eigenvalue weighted by molar-refractivity contribution is 5.97. The third-order valence-electron chi connectivity index (χ3n) is 5.82. The molecule has 1 aromatic rings. The number of fused-ring (bicyclic) bond motifs is 1. The first-order valence-electron chi connectivity index (χ1n) is 9.61. The average molecular weight is 358 g/mol. The zero-order valence-electron chi connectivity index (χ0n) is 15.0. The van der Waals surface area contributed by atoms with Crippen LogP contribution in [-0.4, -0.2) is 43.2 Å². The van der Waals surface area contributed by atoms with Gasteiger partial charge < -0.3 is 20.1 Å². The molecule has 1 saturated heterocycles.